The Bertz CT molecular complexity index is 998. The molecule has 0 bridgehead atoms. The predicted octanol–water partition coefficient (Wildman–Crippen LogP) is 4.73. The maximum atomic E-state index is 6.16. The Kier molecular flexibility index (Phi) is 4.76. The third-order valence-corrected chi connectivity index (χ3v) is 4.02. The lowest BCUT2D eigenvalue weighted by Gasteiger charge is -2.12. The molecule has 0 amide bonds. The third kappa shape index (κ3) is 3.23. The molecule has 3 rings (SSSR count). The average Bonchev–Trinajstić information content (AvgIpc) is 2.61. The summed E-state index contributed by atoms with van der Waals surface area (Å²) in [6, 6.07) is 3.83. The van der Waals surface area contributed by atoms with Gasteiger partial charge in [-0.15, -0.1) is 0 Å². The van der Waals surface area contributed by atoms with Gasteiger partial charge < -0.3 is 4.74 Å². The van der Waals surface area contributed by atoms with Crippen LogP contribution in [0.15, 0.2) is 31.0 Å². The van der Waals surface area contributed by atoms with Crippen molar-refractivity contribution in [2.75, 3.05) is 7.11 Å². The van der Waals surface area contributed by atoms with E-state index >= 15 is 0 Å². The number of ether oxygens (including phenoxy) is 1. The Labute approximate surface area is 151 Å². The highest BCUT2D eigenvalue weighted by molar-refractivity contribution is 6.33. The molecule has 0 aliphatic carbocycles. The normalized spacial score (nSPS) is 11.2. The van der Waals surface area contributed by atoms with Crippen molar-refractivity contribution in [1.82, 2.24) is 19.9 Å². The standard InChI is InChI=1S/C19H17ClN4O/c1-5-7-14-12(6-2)8-13(25-4)9-15(14)18-21-10-16-17(20)22-11(3)23-19(16)24-18/h5-10H,2H2,1,3-4H3/b7-5-. The molecule has 2 heterocycles. The zero-order valence-electron chi connectivity index (χ0n) is 14.2. The maximum Gasteiger partial charge on any atom is 0.168 e. The first-order chi connectivity index (χ1) is 12.1. The molecule has 0 aliphatic rings. The highest BCUT2D eigenvalue weighted by atomic mass is 35.5. The molecule has 0 saturated carbocycles. The molecule has 6 heteroatoms. The quantitative estimate of drug-likeness (QED) is 0.635. The number of nitrogens with zero attached hydrogens (tertiary/aromatic N) is 4. The molecule has 0 saturated heterocycles. The number of aromatic nitrogens is 4. The summed E-state index contributed by atoms with van der Waals surface area (Å²) >= 11 is 6.16. The van der Waals surface area contributed by atoms with Crippen molar-refractivity contribution in [3.63, 3.8) is 0 Å². The lowest BCUT2D eigenvalue weighted by Crippen LogP contribution is -1.99. The number of hydrogen-bond donors (Lipinski definition) is 0. The van der Waals surface area contributed by atoms with Gasteiger partial charge in [-0.2, -0.15) is 0 Å². The van der Waals surface area contributed by atoms with Crippen LogP contribution in [0.2, 0.25) is 5.15 Å². The minimum atomic E-state index is 0.347. The van der Waals surface area contributed by atoms with Crippen LogP contribution in [0, 0.1) is 6.92 Å². The Hall–Kier alpha value is -2.79. The van der Waals surface area contributed by atoms with Gasteiger partial charge in [-0.05, 0) is 37.1 Å². The number of benzene rings is 1. The molecule has 5 nitrogen and oxygen atoms in total. The molecule has 3 aromatic rings. The van der Waals surface area contributed by atoms with E-state index in [0.717, 1.165) is 16.7 Å². The minimum absolute atomic E-state index is 0.347. The van der Waals surface area contributed by atoms with Crippen LogP contribution in [0.25, 0.3) is 34.6 Å². The van der Waals surface area contributed by atoms with Crippen LogP contribution >= 0.6 is 11.6 Å². The van der Waals surface area contributed by atoms with Crippen LogP contribution in [0.3, 0.4) is 0 Å². The van der Waals surface area contributed by atoms with Crippen LogP contribution < -0.4 is 4.74 Å². The van der Waals surface area contributed by atoms with Gasteiger partial charge in [0, 0.05) is 11.8 Å². The average molecular weight is 353 g/mol. The molecule has 0 atom stereocenters. The highest BCUT2D eigenvalue weighted by Gasteiger charge is 2.14. The molecule has 0 N–H and O–H groups in total. The summed E-state index contributed by atoms with van der Waals surface area (Å²) < 4.78 is 5.40. The van der Waals surface area contributed by atoms with E-state index in [9.17, 15) is 0 Å². The van der Waals surface area contributed by atoms with Crippen molar-refractivity contribution in [2.45, 2.75) is 13.8 Å². The van der Waals surface area contributed by atoms with E-state index in [4.69, 9.17) is 16.3 Å². The second-order valence-electron chi connectivity index (χ2n) is 5.37. The molecular weight excluding hydrogens is 336 g/mol. The number of halogens is 1. The summed E-state index contributed by atoms with van der Waals surface area (Å²) in [4.78, 5) is 17.6. The summed E-state index contributed by atoms with van der Waals surface area (Å²) in [5.41, 5.74) is 3.25. The molecule has 0 spiro atoms. The lowest BCUT2D eigenvalue weighted by molar-refractivity contribution is 0.415. The van der Waals surface area contributed by atoms with Gasteiger partial charge in [0.2, 0.25) is 0 Å². The molecule has 126 valence electrons. The van der Waals surface area contributed by atoms with E-state index in [2.05, 4.69) is 26.5 Å². The zero-order valence-corrected chi connectivity index (χ0v) is 15.0. The molecule has 2 aromatic heterocycles. The van der Waals surface area contributed by atoms with E-state index in [-0.39, 0.29) is 0 Å². The number of fused-ring (bicyclic) bond motifs is 1. The smallest absolute Gasteiger partial charge is 0.168 e. The molecule has 25 heavy (non-hydrogen) atoms. The number of rotatable bonds is 4. The van der Waals surface area contributed by atoms with Crippen LogP contribution in [-0.2, 0) is 0 Å². The fraction of sp³-hybridized carbons (Fsp3) is 0.158. The molecule has 1 aromatic carbocycles. The molecule has 0 radical (unpaired) electrons. The fourth-order valence-electron chi connectivity index (χ4n) is 2.59. The van der Waals surface area contributed by atoms with Crippen LogP contribution in [-0.4, -0.2) is 27.0 Å². The van der Waals surface area contributed by atoms with E-state index in [1.54, 1.807) is 26.3 Å². The van der Waals surface area contributed by atoms with Gasteiger partial charge in [0.1, 0.15) is 16.7 Å². The number of methoxy groups -OCH3 is 1. The zero-order chi connectivity index (χ0) is 18.0. The Morgan fingerprint density at radius 2 is 2.00 bits per heavy atom. The van der Waals surface area contributed by atoms with Crippen molar-refractivity contribution in [2.24, 2.45) is 0 Å². The van der Waals surface area contributed by atoms with Gasteiger partial charge in [-0.25, -0.2) is 19.9 Å². The lowest BCUT2D eigenvalue weighted by atomic mass is 9.99. The molecule has 0 fully saturated rings. The number of aryl methyl sites for hydroxylation is 1. The highest BCUT2D eigenvalue weighted by Crippen LogP contribution is 2.32. The fourth-order valence-corrected chi connectivity index (χ4v) is 2.84. The Balaban J connectivity index is 2.31. The van der Waals surface area contributed by atoms with Gasteiger partial charge >= 0.3 is 0 Å². The summed E-state index contributed by atoms with van der Waals surface area (Å²) in [7, 11) is 1.62. The second-order valence-corrected chi connectivity index (χ2v) is 5.73. The minimum Gasteiger partial charge on any atom is -0.497 e. The predicted molar refractivity (Wildman–Crippen MR) is 102 cm³/mol. The van der Waals surface area contributed by atoms with Crippen molar-refractivity contribution < 1.29 is 4.74 Å². The molecule has 0 aliphatic heterocycles. The van der Waals surface area contributed by atoms with Crippen LogP contribution in [0.1, 0.15) is 23.9 Å². The number of hydrogen-bond acceptors (Lipinski definition) is 5. The largest absolute Gasteiger partial charge is 0.497 e. The first-order valence-electron chi connectivity index (χ1n) is 7.71. The van der Waals surface area contributed by atoms with E-state index in [1.165, 1.54) is 0 Å². The van der Waals surface area contributed by atoms with Crippen molar-refractivity contribution >= 4 is 34.8 Å². The monoisotopic (exact) mass is 352 g/mol. The Morgan fingerprint density at radius 3 is 2.68 bits per heavy atom. The van der Waals surface area contributed by atoms with Crippen molar-refractivity contribution in [3.8, 4) is 17.1 Å². The van der Waals surface area contributed by atoms with Gasteiger partial charge in [-0.3, -0.25) is 0 Å². The number of allylic oxidation sites excluding steroid dienone is 1. The summed E-state index contributed by atoms with van der Waals surface area (Å²) in [5.74, 6) is 1.81. The molecular formula is C19H17ClN4O. The van der Waals surface area contributed by atoms with Crippen molar-refractivity contribution in [3.05, 3.63) is 53.1 Å². The second kappa shape index (κ2) is 6.99. The first-order valence-corrected chi connectivity index (χ1v) is 8.09. The SMILES string of the molecule is C=Cc1cc(OC)cc(-c2ncc3c(Cl)nc(C)nc3n2)c1/C=C\C. The topological polar surface area (TPSA) is 60.8 Å². The van der Waals surface area contributed by atoms with Gasteiger partial charge in [0.25, 0.3) is 0 Å². The molecule has 0 unspecified atom stereocenters. The van der Waals surface area contributed by atoms with Gasteiger partial charge in [0.05, 0.1) is 12.5 Å². The van der Waals surface area contributed by atoms with Crippen LogP contribution in [0.4, 0.5) is 0 Å². The maximum absolute atomic E-state index is 6.16. The van der Waals surface area contributed by atoms with Gasteiger partial charge in [-0.1, -0.05) is 36.4 Å². The van der Waals surface area contributed by atoms with Crippen LogP contribution in [0.5, 0.6) is 5.75 Å². The van der Waals surface area contributed by atoms with Crippen molar-refractivity contribution in [1.29, 1.82) is 0 Å². The third-order valence-electron chi connectivity index (χ3n) is 3.73. The van der Waals surface area contributed by atoms with Gasteiger partial charge in [0.15, 0.2) is 11.5 Å². The van der Waals surface area contributed by atoms with E-state index in [1.807, 2.05) is 31.2 Å². The first kappa shape index (κ1) is 17.0. The Morgan fingerprint density at radius 1 is 1.20 bits per heavy atom. The summed E-state index contributed by atoms with van der Waals surface area (Å²) in [6.45, 7) is 7.62. The van der Waals surface area contributed by atoms with E-state index < -0.39 is 0 Å². The van der Waals surface area contributed by atoms with E-state index in [0.29, 0.717) is 33.6 Å². The summed E-state index contributed by atoms with van der Waals surface area (Å²) in [6.07, 6.45) is 7.39. The summed E-state index contributed by atoms with van der Waals surface area (Å²) in [5, 5.41) is 0.968.